The first-order valence-corrected chi connectivity index (χ1v) is 10.5. The Hall–Kier alpha value is -4.33. The van der Waals surface area contributed by atoms with Gasteiger partial charge in [0.15, 0.2) is 11.5 Å². The van der Waals surface area contributed by atoms with E-state index < -0.39 is 18.0 Å². The topological polar surface area (TPSA) is 85.9 Å². The molecular weight excluding hydrogens is 439 g/mol. The van der Waals surface area contributed by atoms with E-state index >= 15 is 0 Å². The highest BCUT2D eigenvalue weighted by atomic mass is 19.1. The minimum absolute atomic E-state index is 0.120. The van der Waals surface area contributed by atoms with E-state index in [2.05, 4.69) is 10.6 Å². The molecule has 0 saturated carbocycles. The monoisotopic (exact) mass is 462 g/mol. The number of hydrogen-bond donors (Lipinski definition) is 2. The number of carbonyl (C=O) groups is 2. The van der Waals surface area contributed by atoms with E-state index in [0.29, 0.717) is 28.3 Å². The Balaban J connectivity index is 1.82. The van der Waals surface area contributed by atoms with Gasteiger partial charge in [0, 0.05) is 5.56 Å². The lowest BCUT2D eigenvalue weighted by atomic mass is 9.92. The first-order chi connectivity index (χ1) is 16.5. The fourth-order valence-electron chi connectivity index (χ4n) is 3.77. The highest BCUT2D eigenvalue weighted by molar-refractivity contribution is 6.04. The molecule has 7 nitrogen and oxygen atoms in total. The molecule has 4 rings (SSSR count). The third-order valence-electron chi connectivity index (χ3n) is 5.38. The third kappa shape index (κ3) is 4.71. The summed E-state index contributed by atoms with van der Waals surface area (Å²) in [4.78, 5) is 25.6. The average Bonchev–Trinajstić information content (AvgIpc) is 2.87. The number of carbonyl (C=O) groups excluding carboxylic acids is 2. The number of benzene rings is 3. The van der Waals surface area contributed by atoms with Crippen LogP contribution in [0.15, 0.2) is 78.4 Å². The van der Waals surface area contributed by atoms with Crippen LogP contribution in [0.5, 0.6) is 11.5 Å². The normalized spacial score (nSPS) is 15.3. The lowest BCUT2D eigenvalue weighted by molar-refractivity contribution is -0.136. The summed E-state index contributed by atoms with van der Waals surface area (Å²) in [5, 5.41) is 5.53. The maximum atomic E-state index is 13.3. The van der Waals surface area contributed by atoms with Crippen molar-refractivity contribution in [1.82, 2.24) is 10.6 Å². The van der Waals surface area contributed by atoms with E-state index in [0.717, 1.165) is 5.56 Å². The zero-order chi connectivity index (χ0) is 24.1. The molecule has 2 amide bonds. The van der Waals surface area contributed by atoms with Crippen molar-refractivity contribution in [3.8, 4) is 11.5 Å². The molecule has 0 aromatic heterocycles. The number of amides is 2. The summed E-state index contributed by atoms with van der Waals surface area (Å²) in [7, 11) is 2.78. The lowest BCUT2D eigenvalue weighted by Crippen LogP contribution is -2.45. The van der Waals surface area contributed by atoms with Crippen molar-refractivity contribution in [2.24, 2.45) is 0 Å². The molecular formula is C26H23FN2O5. The molecule has 1 unspecified atom stereocenters. The molecule has 0 radical (unpaired) electrons. The van der Waals surface area contributed by atoms with Gasteiger partial charge < -0.3 is 24.8 Å². The lowest BCUT2D eigenvalue weighted by Gasteiger charge is -2.30. The van der Waals surface area contributed by atoms with Gasteiger partial charge in [0.05, 0.1) is 31.5 Å². The van der Waals surface area contributed by atoms with E-state index in [4.69, 9.17) is 14.2 Å². The van der Waals surface area contributed by atoms with Gasteiger partial charge in [-0.05, 0) is 29.3 Å². The smallest absolute Gasteiger partial charge is 0.338 e. The van der Waals surface area contributed by atoms with Gasteiger partial charge >= 0.3 is 12.0 Å². The number of urea groups is 1. The number of methoxy groups -OCH3 is 2. The Bertz CT molecular complexity index is 1230. The molecule has 0 bridgehead atoms. The largest absolute Gasteiger partial charge is 0.493 e. The second-order valence-corrected chi connectivity index (χ2v) is 7.47. The van der Waals surface area contributed by atoms with Crippen molar-refractivity contribution < 1.29 is 28.2 Å². The predicted octanol–water partition coefficient (Wildman–Crippen LogP) is 4.35. The fraction of sp³-hybridized carbons (Fsp3) is 0.154. The van der Waals surface area contributed by atoms with Crippen LogP contribution in [0.4, 0.5) is 9.18 Å². The summed E-state index contributed by atoms with van der Waals surface area (Å²) in [5.41, 5.74) is 2.45. The first kappa shape index (κ1) is 22.8. The summed E-state index contributed by atoms with van der Waals surface area (Å²) in [6, 6.07) is 18.8. The Morgan fingerprint density at radius 1 is 0.971 bits per heavy atom. The molecule has 0 saturated heterocycles. The van der Waals surface area contributed by atoms with Crippen molar-refractivity contribution in [2.45, 2.75) is 12.6 Å². The number of hydrogen-bond acceptors (Lipinski definition) is 5. The summed E-state index contributed by atoms with van der Waals surface area (Å²) in [6.45, 7) is 0.120. The van der Waals surface area contributed by atoms with Crippen LogP contribution in [0.3, 0.4) is 0 Å². The second kappa shape index (κ2) is 10.1. The van der Waals surface area contributed by atoms with Crippen molar-refractivity contribution in [3.05, 3.63) is 101 Å². The van der Waals surface area contributed by atoms with E-state index in [1.54, 1.807) is 42.5 Å². The summed E-state index contributed by atoms with van der Waals surface area (Å²) >= 11 is 0. The fourth-order valence-corrected chi connectivity index (χ4v) is 3.77. The van der Waals surface area contributed by atoms with E-state index in [-0.39, 0.29) is 18.0 Å². The predicted molar refractivity (Wildman–Crippen MR) is 124 cm³/mol. The maximum Gasteiger partial charge on any atom is 0.338 e. The Labute approximate surface area is 196 Å². The molecule has 174 valence electrons. The molecule has 1 atom stereocenters. The van der Waals surface area contributed by atoms with Crippen LogP contribution in [0, 0.1) is 5.82 Å². The highest BCUT2D eigenvalue weighted by Crippen LogP contribution is 2.41. The standard InChI is InChI=1S/C26H23FN2O5/c1-32-20-10-6-9-19(24(20)34-15-16-11-13-18(27)14-12-16)23-21(25(30)33-2)22(28-26(31)29-23)17-7-4-3-5-8-17/h3-14,23H,15H2,1-2H3,(H2,28,29,31). The van der Waals surface area contributed by atoms with Crippen molar-refractivity contribution in [2.75, 3.05) is 14.2 Å². The summed E-state index contributed by atoms with van der Waals surface area (Å²) in [5.74, 6) is -0.197. The van der Waals surface area contributed by atoms with Gasteiger partial charge in [-0.25, -0.2) is 14.0 Å². The molecule has 0 fully saturated rings. The molecule has 2 N–H and O–H groups in total. The Morgan fingerprint density at radius 3 is 2.38 bits per heavy atom. The van der Waals surface area contributed by atoms with Crippen molar-refractivity contribution in [1.29, 1.82) is 0 Å². The summed E-state index contributed by atoms with van der Waals surface area (Å²) < 4.78 is 29.9. The van der Waals surface area contributed by atoms with Crippen molar-refractivity contribution in [3.63, 3.8) is 0 Å². The zero-order valence-electron chi connectivity index (χ0n) is 18.6. The first-order valence-electron chi connectivity index (χ1n) is 10.5. The molecule has 1 aliphatic rings. The van der Waals surface area contributed by atoms with Gasteiger partial charge in [0.25, 0.3) is 0 Å². The Kier molecular flexibility index (Phi) is 6.77. The zero-order valence-corrected chi connectivity index (χ0v) is 18.6. The number of esters is 1. The SMILES string of the molecule is COC(=O)C1=C(c2ccccc2)NC(=O)NC1c1cccc(OC)c1OCc1ccc(F)cc1. The highest BCUT2D eigenvalue weighted by Gasteiger charge is 2.36. The molecule has 8 heteroatoms. The average molecular weight is 462 g/mol. The number of nitrogens with one attached hydrogen (secondary N) is 2. The number of para-hydroxylation sites is 1. The van der Waals surface area contributed by atoms with Crippen LogP contribution in [-0.2, 0) is 16.1 Å². The molecule has 0 spiro atoms. The van der Waals surface area contributed by atoms with Crippen LogP contribution < -0.4 is 20.1 Å². The number of ether oxygens (including phenoxy) is 3. The number of rotatable bonds is 7. The van der Waals surface area contributed by atoms with Crippen LogP contribution in [-0.4, -0.2) is 26.2 Å². The minimum atomic E-state index is -0.880. The molecule has 34 heavy (non-hydrogen) atoms. The van der Waals surface area contributed by atoms with E-state index in [1.807, 2.05) is 18.2 Å². The van der Waals surface area contributed by atoms with Gasteiger partial charge in [0.1, 0.15) is 12.4 Å². The molecule has 0 aliphatic carbocycles. The maximum absolute atomic E-state index is 13.3. The van der Waals surface area contributed by atoms with E-state index in [9.17, 15) is 14.0 Å². The van der Waals surface area contributed by atoms with Crippen LogP contribution in [0.25, 0.3) is 5.70 Å². The quantitative estimate of drug-likeness (QED) is 0.510. The molecule has 1 aliphatic heterocycles. The van der Waals surface area contributed by atoms with Crippen LogP contribution >= 0.6 is 0 Å². The number of halogens is 1. The second-order valence-electron chi connectivity index (χ2n) is 7.47. The van der Waals surface area contributed by atoms with Gasteiger partial charge in [0.2, 0.25) is 0 Å². The van der Waals surface area contributed by atoms with Gasteiger partial charge in [-0.3, -0.25) is 0 Å². The van der Waals surface area contributed by atoms with Crippen LogP contribution in [0.2, 0.25) is 0 Å². The van der Waals surface area contributed by atoms with Crippen molar-refractivity contribution >= 4 is 17.7 Å². The van der Waals surface area contributed by atoms with Gasteiger partial charge in [-0.15, -0.1) is 0 Å². The van der Waals surface area contributed by atoms with E-state index in [1.165, 1.54) is 26.4 Å². The third-order valence-corrected chi connectivity index (χ3v) is 5.38. The van der Waals surface area contributed by atoms with Crippen LogP contribution in [0.1, 0.15) is 22.7 Å². The Morgan fingerprint density at radius 2 is 1.71 bits per heavy atom. The molecule has 3 aromatic carbocycles. The van der Waals surface area contributed by atoms with Gasteiger partial charge in [-0.2, -0.15) is 0 Å². The van der Waals surface area contributed by atoms with Gasteiger partial charge in [-0.1, -0.05) is 54.6 Å². The molecule has 1 heterocycles. The summed E-state index contributed by atoms with van der Waals surface area (Å²) in [6.07, 6.45) is 0. The molecule has 3 aromatic rings. The minimum Gasteiger partial charge on any atom is -0.493 e.